The topological polar surface area (TPSA) is 64.8 Å². The molecule has 0 bridgehead atoms. The van der Waals surface area contributed by atoms with Gasteiger partial charge in [-0.1, -0.05) is 17.3 Å². The van der Waals surface area contributed by atoms with Crippen molar-refractivity contribution in [1.82, 2.24) is 14.4 Å². The number of aromatic nitrogens is 3. The largest absolute Gasteiger partial charge is 0.258 e. The summed E-state index contributed by atoms with van der Waals surface area (Å²) >= 11 is 0. The minimum Gasteiger partial charge on any atom is -0.207 e. The maximum Gasteiger partial charge on any atom is 0.258 e. The first-order chi connectivity index (χ1) is 8.57. The molecule has 94 valence electrons. The highest BCUT2D eigenvalue weighted by Gasteiger charge is 2.38. The zero-order valence-electron chi connectivity index (χ0n) is 9.32. The smallest absolute Gasteiger partial charge is 0.207 e. The van der Waals surface area contributed by atoms with Crippen LogP contribution in [-0.2, 0) is 10.0 Å². The van der Waals surface area contributed by atoms with Gasteiger partial charge >= 0.3 is 0 Å². The van der Waals surface area contributed by atoms with Crippen molar-refractivity contribution < 1.29 is 12.8 Å². The number of rotatable bonds is 3. The molecule has 0 spiro atoms. The molecule has 1 aromatic heterocycles. The molecule has 3 rings (SSSR count). The summed E-state index contributed by atoms with van der Waals surface area (Å²) in [6, 6.07) is 5.80. The first-order valence-corrected chi connectivity index (χ1v) is 7.00. The van der Waals surface area contributed by atoms with Crippen LogP contribution in [0.25, 0.3) is 11.3 Å². The number of benzene rings is 1. The molecule has 0 aliphatic heterocycles. The standard InChI is InChI=1S/C11H10FN3O2S/c12-9-3-1-2-8(6-9)11-7-15(14-13-11)18(16,17)10-4-5-10/h1-3,6-7,10H,4-5H2. The third-order valence-electron chi connectivity index (χ3n) is 2.80. The lowest BCUT2D eigenvalue weighted by Gasteiger charge is -1.99. The van der Waals surface area contributed by atoms with Gasteiger partial charge < -0.3 is 0 Å². The third-order valence-corrected chi connectivity index (χ3v) is 4.81. The Kier molecular flexibility index (Phi) is 2.44. The van der Waals surface area contributed by atoms with Gasteiger partial charge in [0.05, 0.1) is 11.4 Å². The van der Waals surface area contributed by atoms with E-state index in [-0.39, 0.29) is 5.25 Å². The summed E-state index contributed by atoms with van der Waals surface area (Å²) in [5, 5.41) is 7.03. The molecule has 1 aromatic carbocycles. The molecule has 0 radical (unpaired) electrons. The summed E-state index contributed by atoms with van der Waals surface area (Å²) in [5.41, 5.74) is 0.853. The van der Waals surface area contributed by atoms with E-state index in [9.17, 15) is 12.8 Å². The summed E-state index contributed by atoms with van der Waals surface area (Å²) in [6.45, 7) is 0. The summed E-state index contributed by atoms with van der Waals surface area (Å²) in [4.78, 5) is 0. The van der Waals surface area contributed by atoms with E-state index < -0.39 is 15.8 Å². The monoisotopic (exact) mass is 267 g/mol. The van der Waals surface area contributed by atoms with Gasteiger partial charge in [0.2, 0.25) is 0 Å². The highest BCUT2D eigenvalue weighted by molar-refractivity contribution is 7.90. The molecule has 0 amide bonds. The van der Waals surface area contributed by atoms with Gasteiger partial charge in [-0.05, 0) is 25.0 Å². The quantitative estimate of drug-likeness (QED) is 0.843. The lowest BCUT2D eigenvalue weighted by Crippen LogP contribution is -2.17. The first kappa shape index (κ1) is 11.3. The van der Waals surface area contributed by atoms with Crippen LogP contribution in [0.5, 0.6) is 0 Å². The van der Waals surface area contributed by atoms with Gasteiger partial charge in [-0.15, -0.1) is 9.19 Å². The van der Waals surface area contributed by atoms with E-state index in [1.165, 1.54) is 18.3 Å². The molecule has 0 N–H and O–H groups in total. The molecule has 1 saturated carbocycles. The molecule has 18 heavy (non-hydrogen) atoms. The number of hydrogen-bond donors (Lipinski definition) is 0. The third kappa shape index (κ3) is 1.90. The zero-order valence-corrected chi connectivity index (χ0v) is 10.1. The first-order valence-electron chi connectivity index (χ1n) is 5.50. The molecule has 0 unspecified atom stereocenters. The Labute approximate surface area is 103 Å². The van der Waals surface area contributed by atoms with Gasteiger partial charge in [-0.2, -0.15) is 0 Å². The molecule has 5 nitrogen and oxygen atoms in total. The number of nitrogens with zero attached hydrogens (tertiary/aromatic N) is 3. The normalized spacial score (nSPS) is 15.8. The van der Waals surface area contributed by atoms with Gasteiger partial charge in [0.15, 0.2) is 0 Å². The van der Waals surface area contributed by atoms with Crippen LogP contribution in [0.15, 0.2) is 30.5 Å². The predicted octanol–water partition coefficient (Wildman–Crippen LogP) is 1.42. The fourth-order valence-electron chi connectivity index (χ4n) is 1.67. The highest BCUT2D eigenvalue weighted by Crippen LogP contribution is 2.30. The molecule has 7 heteroatoms. The maximum atomic E-state index is 13.1. The Morgan fingerprint density at radius 2 is 2.11 bits per heavy atom. The van der Waals surface area contributed by atoms with Crippen molar-refractivity contribution in [3.8, 4) is 11.3 Å². The zero-order chi connectivity index (χ0) is 12.8. The van der Waals surface area contributed by atoms with Crippen molar-refractivity contribution in [1.29, 1.82) is 0 Å². The fraction of sp³-hybridized carbons (Fsp3) is 0.273. The minimum absolute atomic E-state index is 0.346. The Hall–Kier alpha value is -1.76. The number of hydrogen-bond acceptors (Lipinski definition) is 4. The minimum atomic E-state index is -3.41. The summed E-state index contributed by atoms with van der Waals surface area (Å²) in [6.07, 6.45) is 2.65. The second-order valence-corrected chi connectivity index (χ2v) is 6.30. The van der Waals surface area contributed by atoms with E-state index in [2.05, 4.69) is 10.3 Å². The molecule has 1 aliphatic carbocycles. The van der Waals surface area contributed by atoms with Crippen LogP contribution in [0.2, 0.25) is 0 Å². The van der Waals surface area contributed by atoms with E-state index in [1.807, 2.05) is 0 Å². The number of halogens is 1. The average Bonchev–Trinajstić information content (AvgIpc) is 3.07. The van der Waals surface area contributed by atoms with Gasteiger partial charge in [0.1, 0.15) is 11.5 Å². The summed E-state index contributed by atoms with van der Waals surface area (Å²) in [7, 11) is -3.41. The van der Waals surface area contributed by atoms with E-state index in [1.54, 1.807) is 12.1 Å². The second-order valence-electron chi connectivity index (χ2n) is 4.23. The van der Waals surface area contributed by atoms with Crippen molar-refractivity contribution in [2.24, 2.45) is 0 Å². The molecule has 1 heterocycles. The fourth-order valence-corrected chi connectivity index (χ4v) is 3.09. The molecule has 0 atom stereocenters. The van der Waals surface area contributed by atoms with Crippen LogP contribution in [0.3, 0.4) is 0 Å². The maximum absolute atomic E-state index is 13.1. The van der Waals surface area contributed by atoms with Gasteiger partial charge in [-0.25, -0.2) is 12.8 Å². The lowest BCUT2D eigenvalue weighted by atomic mass is 10.2. The molecular formula is C11H10FN3O2S. The van der Waals surface area contributed by atoms with Gasteiger partial charge in [-0.3, -0.25) is 0 Å². The van der Waals surface area contributed by atoms with Crippen molar-refractivity contribution >= 4 is 10.0 Å². The molecular weight excluding hydrogens is 257 g/mol. The van der Waals surface area contributed by atoms with E-state index >= 15 is 0 Å². The molecule has 1 fully saturated rings. The van der Waals surface area contributed by atoms with Crippen molar-refractivity contribution in [3.63, 3.8) is 0 Å². The van der Waals surface area contributed by atoms with Crippen molar-refractivity contribution in [2.45, 2.75) is 18.1 Å². The highest BCUT2D eigenvalue weighted by atomic mass is 32.2. The van der Waals surface area contributed by atoms with Crippen LogP contribution < -0.4 is 0 Å². The summed E-state index contributed by atoms with van der Waals surface area (Å²) in [5.74, 6) is -0.396. The van der Waals surface area contributed by atoms with Crippen LogP contribution in [-0.4, -0.2) is 28.1 Å². The summed E-state index contributed by atoms with van der Waals surface area (Å²) < 4.78 is 37.7. The van der Waals surface area contributed by atoms with Crippen LogP contribution in [0.1, 0.15) is 12.8 Å². The lowest BCUT2D eigenvalue weighted by molar-refractivity contribution is 0.576. The van der Waals surface area contributed by atoms with E-state index in [0.29, 0.717) is 24.1 Å². The Balaban J connectivity index is 1.99. The van der Waals surface area contributed by atoms with E-state index in [0.717, 1.165) is 4.09 Å². The Morgan fingerprint density at radius 1 is 1.33 bits per heavy atom. The van der Waals surface area contributed by atoms with Crippen LogP contribution in [0.4, 0.5) is 4.39 Å². The van der Waals surface area contributed by atoms with Crippen molar-refractivity contribution in [2.75, 3.05) is 0 Å². The van der Waals surface area contributed by atoms with Crippen molar-refractivity contribution in [3.05, 3.63) is 36.3 Å². The molecule has 2 aromatic rings. The SMILES string of the molecule is O=S(=O)(C1CC1)n1cc(-c2cccc(F)c2)nn1. The predicted molar refractivity (Wildman–Crippen MR) is 62.8 cm³/mol. The van der Waals surface area contributed by atoms with Crippen LogP contribution in [0, 0.1) is 5.82 Å². The molecule has 1 aliphatic rings. The van der Waals surface area contributed by atoms with E-state index in [4.69, 9.17) is 0 Å². The van der Waals surface area contributed by atoms with Crippen LogP contribution >= 0.6 is 0 Å². The molecule has 0 saturated heterocycles. The van der Waals surface area contributed by atoms with Gasteiger partial charge in [0, 0.05) is 5.56 Å². The second kappa shape index (κ2) is 3.88. The van der Waals surface area contributed by atoms with Gasteiger partial charge in [0.25, 0.3) is 10.0 Å². The Bertz CT molecular complexity index is 692. The average molecular weight is 267 g/mol. The Morgan fingerprint density at radius 3 is 2.78 bits per heavy atom.